The van der Waals surface area contributed by atoms with Crippen molar-refractivity contribution >= 4 is 15.9 Å². The van der Waals surface area contributed by atoms with Crippen LogP contribution in [-0.4, -0.2) is 43.9 Å². The van der Waals surface area contributed by atoms with E-state index in [9.17, 15) is 26.0 Å². The number of hydrogen-bond donors (Lipinski definition) is 1. The fraction of sp³-hybridized carbons (Fsp3) is 0.444. The Bertz CT molecular complexity index is 605. The molecule has 0 aliphatic carbocycles. The molecule has 2 heterocycles. The Morgan fingerprint density at radius 2 is 1.40 bits per heavy atom. The van der Waals surface area contributed by atoms with Gasteiger partial charge < -0.3 is 4.90 Å². The van der Waals surface area contributed by atoms with Crippen molar-refractivity contribution < 1.29 is 26.0 Å². The van der Waals surface area contributed by atoms with Crippen molar-refractivity contribution in [1.82, 2.24) is 9.29 Å². The zero-order valence-electron chi connectivity index (χ0n) is 9.98. The molecule has 20 heavy (non-hydrogen) atoms. The average molecular weight is 314 g/mol. The molecule has 0 amide bonds. The lowest BCUT2D eigenvalue weighted by molar-refractivity contribution is 0.369. The Morgan fingerprint density at radius 3 is 1.80 bits per heavy atom. The van der Waals surface area contributed by atoms with Gasteiger partial charge in [-0.3, -0.25) is 0 Å². The standard InChI is InChI=1S/C9H10F4N4O2S/c10-5-7(6(11)9(13)15-8(5)12)16-1-3-17(4-2-16)20(14,18)19/h1-4H2,(H2,14,18,19). The molecule has 11 heteroatoms. The van der Waals surface area contributed by atoms with E-state index in [-0.39, 0.29) is 26.2 Å². The molecule has 1 aliphatic heterocycles. The normalized spacial score (nSPS) is 17.6. The number of halogens is 4. The van der Waals surface area contributed by atoms with Crippen molar-refractivity contribution in [2.75, 3.05) is 31.1 Å². The largest absolute Gasteiger partial charge is 0.364 e. The molecular weight excluding hydrogens is 304 g/mol. The lowest BCUT2D eigenvalue weighted by Crippen LogP contribution is -2.51. The maximum absolute atomic E-state index is 13.5. The van der Waals surface area contributed by atoms with Gasteiger partial charge in [0.25, 0.3) is 22.1 Å². The highest BCUT2D eigenvalue weighted by Crippen LogP contribution is 2.27. The number of rotatable bonds is 2. The zero-order chi connectivity index (χ0) is 15.1. The molecule has 0 radical (unpaired) electrons. The van der Waals surface area contributed by atoms with E-state index in [1.165, 1.54) is 0 Å². The fourth-order valence-electron chi connectivity index (χ4n) is 1.92. The van der Waals surface area contributed by atoms with Gasteiger partial charge in [0.05, 0.1) is 0 Å². The van der Waals surface area contributed by atoms with Crippen molar-refractivity contribution in [3.63, 3.8) is 0 Å². The third-order valence-electron chi connectivity index (χ3n) is 2.89. The molecule has 6 nitrogen and oxygen atoms in total. The first kappa shape index (κ1) is 14.9. The summed E-state index contributed by atoms with van der Waals surface area (Å²) in [7, 11) is -3.91. The maximum Gasteiger partial charge on any atom is 0.277 e. The Hall–Kier alpha value is -1.46. The van der Waals surface area contributed by atoms with E-state index in [1.54, 1.807) is 0 Å². The molecule has 0 bridgehead atoms. The van der Waals surface area contributed by atoms with Gasteiger partial charge in [-0.05, 0) is 0 Å². The topological polar surface area (TPSA) is 79.5 Å². The number of nitrogens with two attached hydrogens (primary N) is 1. The molecule has 0 aromatic carbocycles. The van der Waals surface area contributed by atoms with Crippen LogP contribution >= 0.6 is 0 Å². The van der Waals surface area contributed by atoms with Crippen LogP contribution in [0.2, 0.25) is 0 Å². The van der Waals surface area contributed by atoms with Crippen LogP contribution in [0.4, 0.5) is 23.2 Å². The van der Waals surface area contributed by atoms with Crippen LogP contribution < -0.4 is 10.0 Å². The van der Waals surface area contributed by atoms with Gasteiger partial charge in [0.2, 0.25) is 11.6 Å². The summed E-state index contributed by atoms with van der Waals surface area (Å²) < 4.78 is 76.1. The van der Waals surface area contributed by atoms with Crippen molar-refractivity contribution in [2.24, 2.45) is 5.14 Å². The van der Waals surface area contributed by atoms with Gasteiger partial charge in [-0.25, -0.2) is 5.14 Å². The molecule has 0 unspecified atom stereocenters. The minimum absolute atomic E-state index is 0.150. The molecule has 0 spiro atoms. The van der Waals surface area contributed by atoms with Gasteiger partial charge >= 0.3 is 0 Å². The monoisotopic (exact) mass is 314 g/mol. The van der Waals surface area contributed by atoms with Crippen molar-refractivity contribution in [1.29, 1.82) is 0 Å². The summed E-state index contributed by atoms with van der Waals surface area (Å²) in [6.45, 7) is -0.618. The number of aromatic nitrogens is 1. The van der Waals surface area contributed by atoms with E-state index < -0.39 is 39.4 Å². The second-order valence-corrected chi connectivity index (χ2v) is 5.65. The van der Waals surface area contributed by atoms with Crippen molar-refractivity contribution in [3.05, 3.63) is 23.5 Å². The van der Waals surface area contributed by atoms with Gasteiger partial charge in [0.15, 0.2) is 0 Å². The van der Waals surface area contributed by atoms with E-state index >= 15 is 0 Å². The second-order valence-electron chi connectivity index (χ2n) is 4.10. The molecule has 112 valence electrons. The molecule has 0 atom stereocenters. The van der Waals surface area contributed by atoms with E-state index in [4.69, 9.17) is 5.14 Å². The van der Waals surface area contributed by atoms with Gasteiger partial charge in [0, 0.05) is 26.2 Å². The summed E-state index contributed by atoms with van der Waals surface area (Å²) in [5, 5.41) is 4.90. The minimum atomic E-state index is -3.91. The number of nitrogens with zero attached hydrogens (tertiary/aromatic N) is 3. The summed E-state index contributed by atoms with van der Waals surface area (Å²) in [4.78, 5) is 3.45. The molecule has 1 aromatic rings. The first-order valence-corrected chi connectivity index (χ1v) is 6.95. The number of hydrogen-bond acceptors (Lipinski definition) is 4. The summed E-state index contributed by atoms with van der Waals surface area (Å²) in [5.41, 5.74) is -0.899. The zero-order valence-corrected chi connectivity index (χ0v) is 10.8. The first-order valence-electron chi connectivity index (χ1n) is 5.44. The van der Waals surface area contributed by atoms with E-state index in [2.05, 4.69) is 4.98 Å². The van der Waals surface area contributed by atoms with E-state index in [0.717, 1.165) is 9.21 Å². The lowest BCUT2D eigenvalue weighted by Gasteiger charge is -2.34. The van der Waals surface area contributed by atoms with Crippen LogP contribution in [0, 0.1) is 23.5 Å². The van der Waals surface area contributed by atoms with Crippen LogP contribution in [0.25, 0.3) is 0 Å². The number of pyridine rings is 1. The highest BCUT2D eigenvalue weighted by molar-refractivity contribution is 7.86. The molecular formula is C9H10F4N4O2S. The van der Waals surface area contributed by atoms with Crippen molar-refractivity contribution in [3.8, 4) is 0 Å². The highest BCUT2D eigenvalue weighted by Gasteiger charge is 2.30. The molecule has 0 saturated carbocycles. The third-order valence-corrected chi connectivity index (χ3v) is 3.97. The quantitative estimate of drug-likeness (QED) is 0.614. The number of piperazine rings is 1. The van der Waals surface area contributed by atoms with Gasteiger partial charge in [-0.1, -0.05) is 0 Å². The Morgan fingerprint density at radius 1 is 0.950 bits per heavy atom. The van der Waals surface area contributed by atoms with E-state index in [1.807, 2.05) is 0 Å². The fourth-order valence-corrected chi connectivity index (χ4v) is 2.59. The Kier molecular flexibility index (Phi) is 3.84. The second kappa shape index (κ2) is 5.14. The predicted molar refractivity (Wildman–Crippen MR) is 61.0 cm³/mol. The van der Waals surface area contributed by atoms with Crippen LogP contribution in [0.3, 0.4) is 0 Å². The molecule has 1 aromatic heterocycles. The molecule has 1 aliphatic rings. The van der Waals surface area contributed by atoms with Gasteiger partial charge in [-0.2, -0.15) is 35.3 Å². The van der Waals surface area contributed by atoms with Crippen LogP contribution in [0.1, 0.15) is 0 Å². The van der Waals surface area contributed by atoms with Gasteiger partial charge in [0.1, 0.15) is 5.69 Å². The highest BCUT2D eigenvalue weighted by atomic mass is 32.2. The molecule has 1 fully saturated rings. The predicted octanol–water partition coefficient (Wildman–Crippen LogP) is -0.0365. The maximum atomic E-state index is 13.5. The van der Waals surface area contributed by atoms with Crippen LogP contribution in [0.15, 0.2) is 0 Å². The Labute approximate surface area is 112 Å². The van der Waals surface area contributed by atoms with E-state index in [0.29, 0.717) is 0 Å². The summed E-state index contributed by atoms with van der Waals surface area (Å²) in [5.74, 6) is -6.75. The molecule has 1 saturated heterocycles. The lowest BCUT2D eigenvalue weighted by atomic mass is 10.2. The minimum Gasteiger partial charge on any atom is -0.364 e. The Balaban J connectivity index is 2.28. The summed E-state index contributed by atoms with van der Waals surface area (Å²) in [6.07, 6.45) is 0. The van der Waals surface area contributed by atoms with Crippen molar-refractivity contribution in [2.45, 2.75) is 0 Å². The SMILES string of the molecule is NS(=O)(=O)N1CCN(c2c(F)c(F)nc(F)c2F)CC1. The average Bonchev–Trinajstić information content (AvgIpc) is 2.36. The summed E-state index contributed by atoms with van der Waals surface area (Å²) in [6, 6.07) is 0. The summed E-state index contributed by atoms with van der Waals surface area (Å²) >= 11 is 0. The van der Waals surface area contributed by atoms with Crippen LogP contribution in [0.5, 0.6) is 0 Å². The molecule has 2 rings (SSSR count). The van der Waals surface area contributed by atoms with Gasteiger partial charge in [-0.15, -0.1) is 0 Å². The molecule has 2 N–H and O–H groups in total. The first-order chi connectivity index (χ1) is 9.21. The number of anilines is 1. The third kappa shape index (κ3) is 2.69. The smallest absolute Gasteiger partial charge is 0.277 e. The van der Waals surface area contributed by atoms with Crippen LogP contribution in [-0.2, 0) is 10.2 Å².